The molecular weight excluding hydrogens is 358 g/mol. The number of aryl methyl sites for hydroxylation is 1. The number of benzene rings is 1. The number of fused-ring (bicyclic) bond motifs is 1. The van der Waals surface area contributed by atoms with Gasteiger partial charge in [-0.2, -0.15) is 0 Å². The predicted molar refractivity (Wildman–Crippen MR) is 106 cm³/mol. The van der Waals surface area contributed by atoms with Gasteiger partial charge in [-0.15, -0.1) is 0 Å². The molecule has 1 aromatic carbocycles. The van der Waals surface area contributed by atoms with E-state index in [4.69, 9.17) is 4.74 Å². The third kappa shape index (κ3) is 4.35. The van der Waals surface area contributed by atoms with Gasteiger partial charge < -0.3 is 20.3 Å². The van der Waals surface area contributed by atoms with Gasteiger partial charge >= 0.3 is 0 Å². The summed E-state index contributed by atoms with van der Waals surface area (Å²) >= 11 is 0. The van der Waals surface area contributed by atoms with Crippen molar-refractivity contribution in [3.05, 3.63) is 29.3 Å². The Labute approximate surface area is 165 Å². The minimum Gasteiger partial charge on any atom is -0.379 e. The standard InChI is InChI=1S/C21H29N3O4/c1-12-7-15(5-6-18(12)22-13(2)25)21(27)24-10-16-8-19(23-14(3)26)20(28-4)9-17(16)11-24/h5-7,16-17,19-20H,8-11H2,1-4H3,(H,22,25)(H,23,26)/t16-,17+,19-,20-/m1/s1. The fraction of sp³-hybridized carbons (Fsp3) is 0.571. The van der Waals surface area contributed by atoms with Crippen LogP contribution in [0.25, 0.3) is 0 Å². The van der Waals surface area contributed by atoms with Crippen molar-refractivity contribution < 1.29 is 19.1 Å². The van der Waals surface area contributed by atoms with E-state index in [9.17, 15) is 14.4 Å². The summed E-state index contributed by atoms with van der Waals surface area (Å²) < 4.78 is 5.60. The molecular formula is C21H29N3O4. The second-order valence-corrected chi connectivity index (χ2v) is 7.99. The van der Waals surface area contributed by atoms with E-state index >= 15 is 0 Å². The van der Waals surface area contributed by atoms with E-state index < -0.39 is 0 Å². The van der Waals surface area contributed by atoms with Crippen LogP contribution in [0.1, 0.15) is 42.6 Å². The van der Waals surface area contributed by atoms with Gasteiger partial charge in [-0.1, -0.05) is 0 Å². The van der Waals surface area contributed by atoms with E-state index in [2.05, 4.69) is 10.6 Å². The molecule has 3 rings (SSSR count). The van der Waals surface area contributed by atoms with Gasteiger partial charge in [0.1, 0.15) is 0 Å². The monoisotopic (exact) mass is 387 g/mol. The quantitative estimate of drug-likeness (QED) is 0.827. The molecule has 7 nitrogen and oxygen atoms in total. The summed E-state index contributed by atoms with van der Waals surface area (Å²) in [4.78, 5) is 37.7. The molecule has 2 fully saturated rings. The zero-order valence-electron chi connectivity index (χ0n) is 17.0. The number of carbonyl (C=O) groups is 3. The lowest BCUT2D eigenvalue weighted by molar-refractivity contribution is -0.121. The second-order valence-electron chi connectivity index (χ2n) is 7.99. The number of likely N-dealkylation sites (tertiary alicyclic amines) is 1. The first-order chi connectivity index (χ1) is 13.3. The van der Waals surface area contributed by atoms with Crippen molar-refractivity contribution in [3.8, 4) is 0 Å². The largest absolute Gasteiger partial charge is 0.379 e. The highest BCUT2D eigenvalue weighted by Crippen LogP contribution is 2.38. The van der Waals surface area contributed by atoms with Crippen LogP contribution in [0, 0.1) is 18.8 Å². The van der Waals surface area contributed by atoms with Crippen LogP contribution in [-0.2, 0) is 14.3 Å². The summed E-state index contributed by atoms with van der Waals surface area (Å²) in [6.07, 6.45) is 1.66. The van der Waals surface area contributed by atoms with E-state index in [1.165, 1.54) is 13.8 Å². The molecule has 2 N–H and O–H groups in total. The maximum Gasteiger partial charge on any atom is 0.253 e. The number of nitrogens with one attached hydrogen (secondary N) is 2. The normalized spacial score (nSPS) is 26.5. The Morgan fingerprint density at radius 3 is 2.32 bits per heavy atom. The summed E-state index contributed by atoms with van der Waals surface area (Å²) in [6, 6.07) is 5.37. The van der Waals surface area contributed by atoms with E-state index in [0.717, 1.165) is 24.1 Å². The van der Waals surface area contributed by atoms with Gasteiger partial charge in [-0.25, -0.2) is 0 Å². The molecule has 1 aromatic rings. The highest BCUT2D eigenvalue weighted by Gasteiger charge is 2.44. The zero-order chi connectivity index (χ0) is 20.4. The van der Waals surface area contributed by atoms with Gasteiger partial charge in [0.05, 0.1) is 12.1 Å². The maximum absolute atomic E-state index is 13.0. The first kappa shape index (κ1) is 20.3. The SMILES string of the molecule is CO[C@@H]1C[C@H]2CN(C(=O)c3ccc(NC(C)=O)c(C)c3)C[C@H]2C[C@H]1NC(C)=O. The molecule has 0 radical (unpaired) electrons. The van der Waals surface area contributed by atoms with Crippen molar-refractivity contribution in [1.82, 2.24) is 10.2 Å². The minimum atomic E-state index is -0.132. The van der Waals surface area contributed by atoms with Crippen LogP contribution in [0.4, 0.5) is 5.69 Å². The number of ether oxygens (including phenoxy) is 1. The first-order valence-electron chi connectivity index (χ1n) is 9.76. The summed E-state index contributed by atoms with van der Waals surface area (Å²) in [7, 11) is 1.68. The summed E-state index contributed by atoms with van der Waals surface area (Å²) in [5.74, 6) is 0.584. The Hall–Kier alpha value is -2.41. The minimum absolute atomic E-state index is 0.00187. The van der Waals surface area contributed by atoms with Crippen LogP contribution in [-0.4, -0.2) is 55.0 Å². The van der Waals surface area contributed by atoms with Gasteiger partial charge in [0.25, 0.3) is 5.91 Å². The predicted octanol–water partition coefficient (Wildman–Crippen LogP) is 1.96. The van der Waals surface area contributed by atoms with Crippen LogP contribution in [0.5, 0.6) is 0 Å². The maximum atomic E-state index is 13.0. The van der Waals surface area contributed by atoms with Gasteiger partial charge in [-0.05, 0) is 55.4 Å². The Morgan fingerprint density at radius 1 is 1.07 bits per heavy atom. The molecule has 4 atom stereocenters. The van der Waals surface area contributed by atoms with Gasteiger partial charge in [-0.3, -0.25) is 14.4 Å². The molecule has 1 aliphatic carbocycles. The zero-order valence-corrected chi connectivity index (χ0v) is 17.0. The lowest BCUT2D eigenvalue weighted by Gasteiger charge is -2.37. The van der Waals surface area contributed by atoms with E-state index in [1.54, 1.807) is 19.2 Å². The molecule has 1 saturated heterocycles. The highest BCUT2D eigenvalue weighted by atomic mass is 16.5. The van der Waals surface area contributed by atoms with Crippen LogP contribution >= 0.6 is 0 Å². The summed E-state index contributed by atoms with van der Waals surface area (Å²) in [5, 5.41) is 5.77. The van der Waals surface area contributed by atoms with Gasteiger partial charge in [0, 0.05) is 45.3 Å². The number of methoxy groups -OCH3 is 1. The van der Waals surface area contributed by atoms with Crippen molar-refractivity contribution in [3.63, 3.8) is 0 Å². The lowest BCUT2D eigenvalue weighted by Crippen LogP contribution is -2.49. The van der Waals surface area contributed by atoms with Crippen molar-refractivity contribution in [2.75, 3.05) is 25.5 Å². The number of nitrogens with zero attached hydrogens (tertiary/aromatic N) is 1. The van der Waals surface area contributed by atoms with E-state index in [0.29, 0.717) is 30.5 Å². The van der Waals surface area contributed by atoms with Crippen LogP contribution in [0.2, 0.25) is 0 Å². The molecule has 1 saturated carbocycles. The van der Waals surface area contributed by atoms with Gasteiger partial charge in [0.2, 0.25) is 11.8 Å². The van der Waals surface area contributed by atoms with E-state index in [1.807, 2.05) is 17.9 Å². The molecule has 1 heterocycles. The lowest BCUT2D eigenvalue weighted by atomic mass is 9.77. The number of amides is 3. The van der Waals surface area contributed by atoms with E-state index in [-0.39, 0.29) is 29.9 Å². The average Bonchev–Trinajstić information content (AvgIpc) is 3.04. The molecule has 3 amide bonds. The molecule has 0 unspecified atom stereocenters. The van der Waals surface area contributed by atoms with Crippen molar-refractivity contribution >= 4 is 23.4 Å². The summed E-state index contributed by atoms with van der Waals surface area (Å²) in [6.45, 7) is 6.28. The van der Waals surface area contributed by atoms with Crippen molar-refractivity contribution in [1.29, 1.82) is 0 Å². The molecule has 1 aliphatic heterocycles. The number of hydrogen-bond donors (Lipinski definition) is 2. The fourth-order valence-electron chi connectivity index (χ4n) is 4.56. The van der Waals surface area contributed by atoms with Crippen molar-refractivity contribution in [2.45, 2.75) is 45.8 Å². The molecule has 7 heteroatoms. The number of anilines is 1. The highest BCUT2D eigenvalue weighted by molar-refractivity contribution is 5.96. The molecule has 2 aliphatic rings. The Morgan fingerprint density at radius 2 is 1.75 bits per heavy atom. The van der Waals surface area contributed by atoms with Crippen molar-refractivity contribution in [2.24, 2.45) is 11.8 Å². The molecule has 152 valence electrons. The Kier molecular flexibility index (Phi) is 6.03. The first-order valence-corrected chi connectivity index (χ1v) is 9.76. The Balaban J connectivity index is 1.69. The number of carbonyl (C=O) groups excluding carboxylic acids is 3. The van der Waals surface area contributed by atoms with Crippen LogP contribution in [0.15, 0.2) is 18.2 Å². The van der Waals surface area contributed by atoms with Gasteiger partial charge in [0.15, 0.2) is 0 Å². The third-order valence-electron chi connectivity index (χ3n) is 5.88. The topological polar surface area (TPSA) is 87.7 Å². The number of hydrogen-bond acceptors (Lipinski definition) is 4. The smallest absolute Gasteiger partial charge is 0.253 e. The van der Waals surface area contributed by atoms with Crippen LogP contribution in [0.3, 0.4) is 0 Å². The second kappa shape index (κ2) is 8.31. The average molecular weight is 387 g/mol. The molecule has 0 aromatic heterocycles. The number of rotatable bonds is 4. The Bertz CT molecular complexity index is 779. The third-order valence-corrected chi connectivity index (χ3v) is 5.88. The fourth-order valence-corrected chi connectivity index (χ4v) is 4.56. The molecule has 0 bridgehead atoms. The van der Waals surface area contributed by atoms with Crippen LogP contribution < -0.4 is 10.6 Å². The summed E-state index contributed by atoms with van der Waals surface area (Å²) in [5.41, 5.74) is 2.22. The molecule has 28 heavy (non-hydrogen) atoms. The molecule has 0 spiro atoms.